The Morgan fingerprint density at radius 3 is 2.72 bits per heavy atom. The minimum absolute atomic E-state index is 0.324. The third-order valence-electron chi connectivity index (χ3n) is 2.83. The molecule has 0 atom stereocenters. The molecule has 0 bridgehead atoms. The number of aromatic nitrogens is 2. The first-order valence-corrected chi connectivity index (χ1v) is 6.09. The number of anilines is 1. The maximum Gasteiger partial charge on any atom is 0.149 e. The number of nitrogen functional groups attached to an aromatic ring is 1. The molecular weight excluding hydrogens is 226 g/mol. The lowest BCUT2D eigenvalue weighted by molar-refractivity contribution is 0.284. The summed E-state index contributed by atoms with van der Waals surface area (Å²) in [6.07, 6.45) is 1.85. The summed E-state index contributed by atoms with van der Waals surface area (Å²) < 4.78 is 7.82. The second kappa shape index (κ2) is 5.12. The zero-order valence-corrected chi connectivity index (χ0v) is 11.1. The number of hydrogen-bond donors (Lipinski definition) is 1. The van der Waals surface area contributed by atoms with Crippen LogP contribution >= 0.6 is 0 Å². The minimum Gasteiger partial charge on any atom is -0.485 e. The van der Waals surface area contributed by atoms with Crippen LogP contribution in [0.2, 0.25) is 0 Å². The topological polar surface area (TPSA) is 53.1 Å². The van der Waals surface area contributed by atoms with Gasteiger partial charge in [0.25, 0.3) is 0 Å². The third kappa shape index (κ3) is 2.64. The van der Waals surface area contributed by atoms with Crippen LogP contribution in [0.15, 0.2) is 30.5 Å². The van der Waals surface area contributed by atoms with E-state index in [1.807, 2.05) is 42.0 Å². The van der Waals surface area contributed by atoms with Gasteiger partial charge in [0.05, 0.1) is 0 Å². The van der Waals surface area contributed by atoms with Gasteiger partial charge in [-0.15, -0.1) is 0 Å². The van der Waals surface area contributed by atoms with E-state index in [9.17, 15) is 0 Å². The zero-order chi connectivity index (χ0) is 13.1. The highest BCUT2D eigenvalue weighted by Gasteiger charge is 2.10. The standard InChI is InChI=1S/C14H19N3O/c1-10(2)17-8-13(15)16-14(17)9-18-12-7-5-4-6-11(12)3/h4-8,10H,9,15H2,1-3H3. The number of rotatable bonds is 4. The lowest BCUT2D eigenvalue weighted by Gasteiger charge is -2.12. The first-order valence-electron chi connectivity index (χ1n) is 6.09. The summed E-state index contributed by atoms with van der Waals surface area (Å²) in [5.74, 6) is 2.27. The van der Waals surface area contributed by atoms with Crippen molar-refractivity contribution in [3.05, 3.63) is 41.9 Å². The Morgan fingerprint density at radius 2 is 2.06 bits per heavy atom. The molecule has 4 nitrogen and oxygen atoms in total. The Hall–Kier alpha value is -1.97. The van der Waals surface area contributed by atoms with E-state index in [0.29, 0.717) is 18.5 Å². The van der Waals surface area contributed by atoms with Gasteiger partial charge in [0.1, 0.15) is 24.0 Å². The van der Waals surface area contributed by atoms with Gasteiger partial charge in [-0.25, -0.2) is 4.98 Å². The average Bonchev–Trinajstić information content (AvgIpc) is 2.70. The van der Waals surface area contributed by atoms with E-state index in [-0.39, 0.29) is 0 Å². The lowest BCUT2D eigenvalue weighted by Crippen LogP contribution is -2.08. The van der Waals surface area contributed by atoms with Crippen LogP contribution < -0.4 is 10.5 Å². The Labute approximate surface area is 107 Å². The highest BCUT2D eigenvalue weighted by Crippen LogP contribution is 2.19. The van der Waals surface area contributed by atoms with E-state index in [0.717, 1.165) is 17.1 Å². The van der Waals surface area contributed by atoms with Crippen molar-refractivity contribution in [3.8, 4) is 5.75 Å². The predicted molar refractivity (Wildman–Crippen MR) is 72.5 cm³/mol. The van der Waals surface area contributed by atoms with Gasteiger partial charge in [0, 0.05) is 12.2 Å². The number of imidazole rings is 1. The van der Waals surface area contributed by atoms with Crippen LogP contribution in [0, 0.1) is 6.92 Å². The van der Waals surface area contributed by atoms with Crippen molar-refractivity contribution in [1.82, 2.24) is 9.55 Å². The fraction of sp³-hybridized carbons (Fsp3) is 0.357. The van der Waals surface area contributed by atoms with Gasteiger partial charge < -0.3 is 15.0 Å². The van der Waals surface area contributed by atoms with Crippen molar-refractivity contribution in [2.45, 2.75) is 33.4 Å². The van der Waals surface area contributed by atoms with E-state index in [1.165, 1.54) is 0 Å². The molecular formula is C14H19N3O. The van der Waals surface area contributed by atoms with Gasteiger partial charge in [-0.3, -0.25) is 0 Å². The van der Waals surface area contributed by atoms with Crippen LogP contribution in [0.3, 0.4) is 0 Å². The summed E-state index contributed by atoms with van der Waals surface area (Å²) in [4.78, 5) is 4.29. The number of nitrogens with zero attached hydrogens (tertiary/aromatic N) is 2. The molecule has 0 radical (unpaired) electrons. The van der Waals surface area contributed by atoms with Gasteiger partial charge in [-0.2, -0.15) is 0 Å². The molecule has 0 fully saturated rings. The molecule has 1 aromatic carbocycles. The quantitative estimate of drug-likeness (QED) is 0.901. The van der Waals surface area contributed by atoms with Crippen LogP contribution in [-0.2, 0) is 6.61 Å². The number of aryl methyl sites for hydroxylation is 1. The fourth-order valence-electron chi connectivity index (χ4n) is 1.87. The Bertz CT molecular complexity index is 532. The molecule has 2 aromatic rings. The van der Waals surface area contributed by atoms with E-state index in [4.69, 9.17) is 10.5 Å². The van der Waals surface area contributed by atoms with Crippen LogP contribution in [0.25, 0.3) is 0 Å². The van der Waals surface area contributed by atoms with Gasteiger partial charge >= 0.3 is 0 Å². The molecule has 0 aliphatic heterocycles. The molecule has 0 unspecified atom stereocenters. The molecule has 1 heterocycles. The molecule has 0 aliphatic carbocycles. The second-order valence-corrected chi connectivity index (χ2v) is 4.64. The number of ether oxygens (including phenoxy) is 1. The largest absolute Gasteiger partial charge is 0.485 e. The normalized spacial score (nSPS) is 10.9. The van der Waals surface area contributed by atoms with Crippen LogP contribution in [0.5, 0.6) is 5.75 Å². The van der Waals surface area contributed by atoms with E-state index < -0.39 is 0 Å². The molecule has 4 heteroatoms. The highest BCUT2D eigenvalue weighted by atomic mass is 16.5. The Balaban J connectivity index is 2.13. The second-order valence-electron chi connectivity index (χ2n) is 4.64. The van der Waals surface area contributed by atoms with Crippen LogP contribution in [-0.4, -0.2) is 9.55 Å². The SMILES string of the molecule is Cc1ccccc1OCc1nc(N)cn1C(C)C. The van der Waals surface area contributed by atoms with Gasteiger partial charge in [0.15, 0.2) is 0 Å². The summed E-state index contributed by atoms with van der Waals surface area (Å²) >= 11 is 0. The fourth-order valence-corrected chi connectivity index (χ4v) is 1.87. The maximum atomic E-state index is 5.79. The predicted octanol–water partition coefficient (Wildman–Crippen LogP) is 2.93. The van der Waals surface area contributed by atoms with Crippen molar-refractivity contribution in [2.24, 2.45) is 0 Å². The zero-order valence-electron chi connectivity index (χ0n) is 11.1. The lowest BCUT2D eigenvalue weighted by atomic mass is 10.2. The molecule has 0 saturated carbocycles. The Morgan fingerprint density at radius 1 is 1.33 bits per heavy atom. The van der Waals surface area contributed by atoms with Crippen LogP contribution in [0.1, 0.15) is 31.3 Å². The number of hydrogen-bond acceptors (Lipinski definition) is 3. The molecule has 18 heavy (non-hydrogen) atoms. The van der Waals surface area contributed by atoms with Gasteiger partial charge in [0.2, 0.25) is 0 Å². The highest BCUT2D eigenvalue weighted by molar-refractivity contribution is 5.32. The monoisotopic (exact) mass is 245 g/mol. The molecule has 2 rings (SSSR count). The first kappa shape index (κ1) is 12.5. The van der Waals surface area contributed by atoms with Gasteiger partial charge in [-0.05, 0) is 32.4 Å². The molecule has 1 aromatic heterocycles. The minimum atomic E-state index is 0.324. The molecule has 0 aliphatic rings. The van der Waals surface area contributed by atoms with Crippen molar-refractivity contribution in [2.75, 3.05) is 5.73 Å². The molecule has 96 valence electrons. The summed E-state index contributed by atoms with van der Waals surface area (Å²) in [6, 6.07) is 8.27. The summed E-state index contributed by atoms with van der Waals surface area (Å²) in [7, 11) is 0. The van der Waals surface area contributed by atoms with Crippen molar-refractivity contribution >= 4 is 5.82 Å². The van der Waals surface area contributed by atoms with Gasteiger partial charge in [-0.1, -0.05) is 18.2 Å². The number of nitrogens with two attached hydrogens (primary N) is 1. The molecule has 0 amide bonds. The number of para-hydroxylation sites is 1. The van der Waals surface area contributed by atoms with E-state index in [1.54, 1.807) is 0 Å². The van der Waals surface area contributed by atoms with Crippen molar-refractivity contribution in [1.29, 1.82) is 0 Å². The van der Waals surface area contributed by atoms with E-state index in [2.05, 4.69) is 18.8 Å². The Kier molecular flexibility index (Phi) is 3.55. The molecule has 0 spiro atoms. The maximum absolute atomic E-state index is 5.79. The molecule has 2 N–H and O–H groups in total. The first-order chi connectivity index (χ1) is 8.58. The summed E-state index contributed by atoms with van der Waals surface area (Å²) in [5, 5.41) is 0. The summed E-state index contributed by atoms with van der Waals surface area (Å²) in [6.45, 7) is 6.65. The molecule has 0 saturated heterocycles. The number of benzene rings is 1. The van der Waals surface area contributed by atoms with Crippen molar-refractivity contribution < 1.29 is 4.74 Å². The smallest absolute Gasteiger partial charge is 0.149 e. The van der Waals surface area contributed by atoms with Crippen LogP contribution in [0.4, 0.5) is 5.82 Å². The van der Waals surface area contributed by atoms with E-state index >= 15 is 0 Å². The average molecular weight is 245 g/mol. The third-order valence-corrected chi connectivity index (χ3v) is 2.83. The summed E-state index contributed by atoms with van der Waals surface area (Å²) in [5.41, 5.74) is 6.85. The van der Waals surface area contributed by atoms with Crippen molar-refractivity contribution in [3.63, 3.8) is 0 Å².